The van der Waals surface area contributed by atoms with E-state index in [1.54, 1.807) is 31.2 Å². The van der Waals surface area contributed by atoms with Crippen LogP contribution in [-0.2, 0) is 33.3 Å². The van der Waals surface area contributed by atoms with Gasteiger partial charge < -0.3 is 4.74 Å². The molecule has 0 unspecified atom stereocenters. The van der Waals surface area contributed by atoms with Gasteiger partial charge in [-0.05, 0) is 73.6 Å². The highest BCUT2D eigenvalue weighted by Gasteiger charge is 2.34. The van der Waals surface area contributed by atoms with Crippen molar-refractivity contribution in [1.29, 1.82) is 0 Å². The van der Waals surface area contributed by atoms with E-state index in [1.807, 2.05) is 0 Å². The normalized spacial score (nSPS) is 11.1. The fourth-order valence-electron chi connectivity index (χ4n) is 3.09. The van der Waals surface area contributed by atoms with E-state index in [0.717, 1.165) is 11.1 Å². The molecule has 0 bridgehead atoms. The van der Waals surface area contributed by atoms with E-state index >= 15 is 0 Å². The molecule has 0 radical (unpaired) electrons. The van der Waals surface area contributed by atoms with Crippen LogP contribution in [0.3, 0.4) is 0 Å². The Hall–Kier alpha value is -3.15. The molecule has 170 valence electrons. The highest BCUT2D eigenvalue weighted by Crippen LogP contribution is 2.32. The van der Waals surface area contributed by atoms with Crippen LogP contribution in [-0.4, -0.2) is 17.3 Å². The van der Waals surface area contributed by atoms with E-state index in [1.165, 1.54) is 31.2 Å². The van der Waals surface area contributed by atoms with Gasteiger partial charge in [-0.25, -0.2) is 0 Å². The van der Waals surface area contributed by atoms with Crippen LogP contribution in [0, 0.1) is 0 Å². The number of alkyl halides is 2. The van der Waals surface area contributed by atoms with Crippen LogP contribution in [0.25, 0.3) is 0 Å². The van der Waals surface area contributed by atoms with Crippen molar-refractivity contribution in [3.05, 3.63) is 77.4 Å². The van der Waals surface area contributed by atoms with Gasteiger partial charge >= 0.3 is 6.11 Å². The third-order valence-electron chi connectivity index (χ3n) is 5.07. The van der Waals surface area contributed by atoms with Crippen molar-refractivity contribution >= 4 is 17.3 Å². The van der Waals surface area contributed by atoms with Crippen molar-refractivity contribution in [2.45, 2.75) is 58.5 Å². The van der Waals surface area contributed by atoms with Gasteiger partial charge in [0.1, 0.15) is 5.75 Å². The van der Waals surface area contributed by atoms with Gasteiger partial charge in [-0.3, -0.25) is 14.4 Å². The van der Waals surface area contributed by atoms with Crippen molar-refractivity contribution in [1.82, 2.24) is 0 Å². The molecule has 2 aromatic rings. The van der Waals surface area contributed by atoms with Crippen molar-refractivity contribution in [2.24, 2.45) is 0 Å². The Balaban J connectivity index is 1.89. The van der Waals surface area contributed by atoms with Gasteiger partial charge in [0, 0.05) is 19.8 Å². The predicted molar refractivity (Wildman–Crippen MR) is 119 cm³/mol. The number of hydrogen-bond acceptors (Lipinski definition) is 4. The molecule has 0 N–H and O–H groups in total. The third-order valence-corrected chi connectivity index (χ3v) is 5.07. The van der Waals surface area contributed by atoms with Gasteiger partial charge in [-0.2, -0.15) is 8.78 Å². The summed E-state index contributed by atoms with van der Waals surface area (Å²) in [4.78, 5) is 33.8. The molecule has 0 aliphatic rings. The molecule has 32 heavy (non-hydrogen) atoms. The second-order valence-electron chi connectivity index (χ2n) is 7.85. The van der Waals surface area contributed by atoms with Gasteiger partial charge in [-0.15, -0.1) is 0 Å². The summed E-state index contributed by atoms with van der Waals surface area (Å²) >= 11 is 0. The minimum atomic E-state index is -3.50. The molecule has 0 aliphatic heterocycles. The van der Waals surface area contributed by atoms with Gasteiger partial charge in [0.2, 0.25) is 0 Å². The van der Waals surface area contributed by atoms with E-state index < -0.39 is 17.7 Å². The van der Waals surface area contributed by atoms with E-state index in [9.17, 15) is 23.2 Å². The molecular formula is C26H28F2O4. The van der Waals surface area contributed by atoms with Crippen LogP contribution < -0.4 is 4.74 Å². The van der Waals surface area contributed by atoms with E-state index in [-0.39, 0.29) is 23.5 Å². The molecule has 6 heteroatoms. The minimum Gasteiger partial charge on any atom is -0.429 e. The van der Waals surface area contributed by atoms with E-state index in [0.29, 0.717) is 37.7 Å². The molecule has 4 nitrogen and oxygen atoms in total. The first kappa shape index (κ1) is 25.1. The van der Waals surface area contributed by atoms with Crippen molar-refractivity contribution < 1.29 is 27.9 Å². The van der Waals surface area contributed by atoms with Crippen LogP contribution in [0.5, 0.6) is 5.75 Å². The predicted octanol–water partition coefficient (Wildman–Crippen LogP) is 5.76. The standard InChI is InChI=1S/C26H28F2O4/c1-18(2)24(30)8-4-6-21-12-16-23(17-13-21)32-26(27,28)22-14-10-20(11-15-22)7-5-9-25(31)19(3)29/h10-17H,1,4-9H2,2-3H3. The van der Waals surface area contributed by atoms with Crippen molar-refractivity contribution in [2.75, 3.05) is 0 Å². The zero-order valence-corrected chi connectivity index (χ0v) is 18.5. The van der Waals surface area contributed by atoms with E-state index in [2.05, 4.69) is 6.58 Å². The topological polar surface area (TPSA) is 60.4 Å². The lowest BCUT2D eigenvalue weighted by Crippen LogP contribution is -2.21. The summed E-state index contributed by atoms with van der Waals surface area (Å²) in [6.45, 7) is 6.54. The number of ether oxygens (including phenoxy) is 1. The first-order valence-corrected chi connectivity index (χ1v) is 10.6. The maximum atomic E-state index is 14.5. The number of carbonyl (C=O) groups is 3. The molecule has 0 atom stereocenters. The molecule has 2 aromatic carbocycles. The summed E-state index contributed by atoms with van der Waals surface area (Å²) in [5.74, 6) is -0.820. The molecule has 0 heterocycles. The Bertz CT molecular complexity index is 960. The number of carbonyl (C=O) groups excluding carboxylic acids is 3. The maximum absolute atomic E-state index is 14.5. The molecule has 0 spiro atoms. The van der Waals surface area contributed by atoms with Gasteiger partial charge in [0.25, 0.3) is 0 Å². The maximum Gasteiger partial charge on any atom is 0.426 e. The van der Waals surface area contributed by atoms with Crippen molar-refractivity contribution in [3.63, 3.8) is 0 Å². The quantitative estimate of drug-likeness (QED) is 0.292. The van der Waals surface area contributed by atoms with Crippen LogP contribution in [0.15, 0.2) is 60.7 Å². The number of hydrogen-bond donors (Lipinski definition) is 0. The largest absolute Gasteiger partial charge is 0.429 e. The summed E-state index contributed by atoms with van der Waals surface area (Å²) in [5, 5.41) is 0. The number of aryl methyl sites for hydroxylation is 2. The average molecular weight is 443 g/mol. The van der Waals surface area contributed by atoms with Crippen LogP contribution in [0.1, 0.15) is 56.2 Å². The SMILES string of the molecule is C=C(C)C(=O)CCCc1ccc(OC(F)(F)c2ccc(CCCC(=O)C(C)=O)cc2)cc1. The average Bonchev–Trinajstić information content (AvgIpc) is 2.74. The summed E-state index contributed by atoms with van der Waals surface area (Å²) in [5.41, 5.74) is 1.99. The molecule has 0 amide bonds. The first-order chi connectivity index (χ1) is 15.1. The molecule has 0 fully saturated rings. The second kappa shape index (κ2) is 11.5. The van der Waals surface area contributed by atoms with Gasteiger partial charge in [0.05, 0.1) is 5.56 Å². The molecule has 0 aromatic heterocycles. The second-order valence-corrected chi connectivity index (χ2v) is 7.85. The molecule has 2 rings (SSSR count). The molecule has 0 aliphatic carbocycles. The Morgan fingerprint density at radius 3 is 1.75 bits per heavy atom. The number of halogens is 2. The lowest BCUT2D eigenvalue weighted by Gasteiger charge is -2.19. The van der Waals surface area contributed by atoms with Crippen LogP contribution in [0.4, 0.5) is 8.78 Å². The highest BCUT2D eigenvalue weighted by atomic mass is 19.3. The molecular weight excluding hydrogens is 414 g/mol. The Kier molecular flexibility index (Phi) is 9.00. The minimum absolute atomic E-state index is 0.0279. The number of benzene rings is 2. The summed E-state index contributed by atoms with van der Waals surface area (Å²) in [7, 11) is 0. The molecule has 0 saturated carbocycles. The smallest absolute Gasteiger partial charge is 0.426 e. The number of allylic oxidation sites excluding steroid dienone is 1. The monoisotopic (exact) mass is 442 g/mol. The van der Waals surface area contributed by atoms with Gasteiger partial charge in [0.15, 0.2) is 17.3 Å². The zero-order chi connectivity index (χ0) is 23.7. The Morgan fingerprint density at radius 1 is 0.812 bits per heavy atom. The Labute approximate surface area is 187 Å². The fourth-order valence-corrected chi connectivity index (χ4v) is 3.09. The van der Waals surface area contributed by atoms with E-state index in [4.69, 9.17) is 4.74 Å². The van der Waals surface area contributed by atoms with Gasteiger partial charge in [-0.1, -0.05) is 30.8 Å². The van der Waals surface area contributed by atoms with Crippen LogP contribution >= 0.6 is 0 Å². The summed E-state index contributed by atoms with van der Waals surface area (Å²) in [6.07, 6.45) is -0.611. The molecule has 0 saturated heterocycles. The summed E-state index contributed by atoms with van der Waals surface area (Å²) in [6, 6.07) is 12.1. The first-order valence-electron chi connectivity index (χ1n) is 10.6. The third kappa shape index (κ3) is 7.84. The fraction of sp³-hybridized carbons (Fsp3) is 0.346. The summed E-state index contributed by atoms with van der Waals surface area (Å²) < 4.78 is 34.0. The van der Waals surface area contributed by atoms with Crippen LogP contribution in [0.2, 0.25) is 0 Å². The Morgan fingerprint density at radius 2 is 1.28 bits per heavy atom. The number of ketones is 3. The highest BCUT2D eigenvalue weighted by molar-refractivity contribution is 6.36. The lowest BCUT2D eigenvalue weighted by molar-refractivity contribution is -0.185. The zero-order valence-electron chi connectivity index (χ0n) is 18.5. The number of rotatable bonds is 13. The lowest BCUT2D eigenvalue weighted by atomic mass is 10.0. The van der Waals surface area contributed by atoms with Crippen molar-refractivity contribution in [3.8, 4) is 5.75 Å². The number of Topliss-reactive ketones (excluding diaryl/α,β-unsaturated/α-hetero) is 3.